The molecule has 0 aromatic rings. The third-order valence-electron chi connectivity index (χ3n) is 3.38. The van der Waals surface area contributed by atoms with Crippen molar-refractivity contribution in [1.29, 1.82) is 0 Å². The number of hydrogen-bond acceptors (Lipinski definition) is 6. The molecule has 1 rings (SSSR count). The lowest BCUT2D eigenvalue weighted by atomic mass is 10.1. The summed E-state index contributed by atoms with van der Waals surface area (Å²) in [6, 6.07) is 0. The molecule has 1 aliphatic heterocycles. The molecule has 0 aromatic heterocycles. The Bertz CT molecular complexity index is 104. The molecule has 1 fully saturated rings. The van der Waals surface area contributed by atoms with Crippen molar-refractivity contribution in [3.63, 3.8) is 0 Å². The van der Waals surface area contributed by atoms with Gasteiger partial charge < -0.3 is 0 Å². The third-order valence-corrected chi connectivity index (χ3v) is 14.5. The Hall–Kier alpha value is 2.10. The van der Waals surface area contributed by atoms with Gasteiger partial charge >= 0.3 is 0 Å². The zero-order valence-electron chi connectivity index (χ0n) is 12.3. The van der Waals surface area contributed by atoms with Gasteiger partial charge in [0, 0.05) is 11.5 Å². The molecule has 0 aromatic carbocycles. The second-order valence-corrected chi connectivity index (χ2v) is 14.9. The van der Waals surface area contributed by atoms with Crippen LogP contribution in [-0.4, -0.2) is 11.5 Å². The van der Waals surface area contributed by atoms with E-state index in [-0.39, 0.29) is 0 Å². The predicted octanol–water partition coefficient (Wildman–Crippen LogP) is 8.66. The Kier molecular flexibility index (Phi) is 17.6. The smallest absolute Gasteiger partial charge is 0.00454 e. The first-order chi connectivity index (χ1) is 10.0. The van der Waals surface area contributed by atoms with E-state index in [1.165, 1.54) is 88.6 Å². The van der Waals surface area contributed by atoms with E-state index in [2.05, 4.69) is 0 Å². The summed E-state index contributed by atoms with van der Waals surface area (Å²) < 4.78 is 0. The van der Waals surface area contributed by atoms with Crippen molar-refractivity contribution in [2.45, 2.75) is 77.0 Å². The van der Waals surface area contributed by atoms with Gasteiger partial charge in [0.15, 0.2) is 0 Å². The molecule has 1 heterocycles. The van der Waals surface area contributed by atoms with Crippen LogP contribution in [0.4, 0.5) is 0 Å². The van der Waals surface area contributed by atoms with Gasteiger partial charge in [-0.15, -0.1) is 0 Å². The van der Waals surface area contributed by atoms with Crippen molar-refractivity contribution in [3.05, 3.63) is 0 Å². The van der Waals surface area contributed by atoms with Crippen molar-refractivity contribution >= 4 is 60.9 Å². The van der Waals surface area contributed by atoms with Gasteiger partial charge in [0.25, 0.3) is 0 Å². The average molecular weight is 389 g/mol. The molecule has 0 unspecified atom stereocenters. The lowest BCUT2D eigenvalue weighted by Gasteiger charge is -2.04. The van der Waals surface area contributed by atoms with E-state index in [1.807, 2.05) is 60.9 Å². The summed E-state index contributed by atoms with van der Waals surface area (Å²) in [6.07, 6.45) is 17.5. The second-order valence-electron chi connectivity index (χ2n) is 5.16. The predicted molar refractivity (Wildman–Crippen MR) is 111 cm³/mol. The average Bonchev–Trinajstić information content (AvgIpc) is 2.46. The van der Waals surface area contributed by atoms with E-state index in [9.17, 15) is 0 Å². The molecule has 1 aliphatic rings. The van der Waals surface area contributed by atoms with Crippen LogP contribution in [0.25, 0.3) is 0 Å². The van der Waals surface area contributed by atoms with Gasteiger partial charge in [-0.2, -0.15) is 0 Å². The van der Waals surface area contributed by atoms with E-state index in [1.54, 1.807) is 0 Å². The maximum absolute atomic E-state index is 2.04. The van der Waals surface area contributed by atoms with Gasteiger partial charge in [0.05, 0.1) is 0 Å². The monoisotopic (exact) mass is 388 g/mol. The standard InChI is InChI=1S/C14H28S6/c1-2-4-6-8-10-12-14-16-18-20-19-17-15-13-11-9-7-5-3-1/h1-14H2. The third kappa shape index (κ3) is 15.0. The lowest BCUT2D eigenvalue weighted by molar-refractivity contribution is 0.549. The van der Waals surface area contributed by atoms with E-state index in [0.29, 0.717) is 0 Å². The van der Waals surface area contributed by atoms with E-state index in [4.69, 9.17) is 0 Å². The van der Waals surface area contributed by atoms with Crippen LogP contribution in [0.2, 0.25) is 0 Å². The van der Waals surface area contributed by atoms with Crippen LogP contribution >= 0.6 is 60.9 Å². The molecule has 0 atom stereocenters. The van der Waals surface area contributed by atoms with Crippen molar-refractivity contribution in [1.82, 2.24) is 0 Å². The first kappa shape index (κ1) is 20.1. The zero-order valence-corrected chi connectivity index (χ0v) is 17.2. The van der Waals surface area contributed by atoms with Gasteiger partial charge in [-0.05, 0) is 52.1 Å². The van der Waals surface area contributed by atoms with Crippen LogP contribution < -0.4 is 0 Å². The summed E-state index contributed by atoms with van der Waals surface area (Å²) in [5, 5.41) is 0. The van der Waals surface area contributed by atoms with Crippen molar-refractivity contribution in [2.24, 2.45) is 0 Å². The Morgan fingerprint density at radius 2 is 0.600 bits per heavy atom. The summed E-state index contributed by atoms with van der Waals surface area (Å²) in [4.78, 5) is 0. The molecule has 0 saturated carbocycles. The van der Waals surface area contributed by atoms with Gasteiger partial charge in [0.1, 0.15) is 0 Å². The van der Waals surface area contributed by atoms with Crippen LogP contribution in [0.3, 0.4) is 0 Å². The molecular formula is C14H28S6. The van der Waals surface area contributed by atoms with Crippen LogP contribution in [0.15, 0.2) is 0 Å². The Morgan fingerprint density at radius 3 is 0.950 bits per heavy atom. The van der Waals surface area contributed by atoms with Gasteiger partial charge in [0.2, 0.25) is 0 Å². The molecule has 6 heteroatoms. The fourth-order valence-electron chi connectivity index (χ4n) is 2.22. The summed E-state index contributed by atoms with van der Waals surface area (Å²) in [6.45, 7) is 0. The largest absolute Gasteiger partial charge is 0.0817 e. The molecule has 0 aliphatic carbocycles. The molecule has 0 nitrogen and oxygen atoms in total. The van der Waals surface area contributed by atoms with Crippen LogP contribution in [-0.2, 0) is 0 Å². The molecule has 1 saturated heterocycles. The molecule has 0 spiro atoms. The first-order valence-electron chi connectivity index (χ1n) is 7.91. The molecule has 0 radical (unpaired) electrons. The molecular weight excluding hydrogens is 361 g/mol. The molecule has 0 N–H and O–H groups in total. The SMILES string of the molecule is C1CCCCCCCSSSSSSCCCCCC1. The second kappa shape index (κ2) is 17.5. The molecule has 120 valence electrons. The summed E-state index contributed by atoms with van der Waals surface area (Å²) in [5.41, 5.74) is 0. The Morgan fingerprint density at radius 1 is 0.300 bits per heavy atom. The van der Waals surface area contributed by atoms with E-state index in [0.717, 1.165) is 0 Å². The normalized spacial score (nSPS) is 24.0. The van der Waals surface area contributed by atoms with Gasteiger partial charge in [-0.1, -0.05) is 85.8 Å². The van der Waals surface area contributed by atoms with Crippen molar-refractivity contribution in [3.8, 4) is 0 Å². The number of rotatable bonds is 0. The highest BCUT2D eigenvalue weighted by Gasteiger charge is 1.98. The fraction of sp³-hybridized carbons (Fsp3) is 1.00. The molecule has 0 bridgehead atoms. The van der Waals surface area contributed by atoms with Gasteiger partial charge in [-0.3, -0.25) is 0 Å². The quantitative estimate of drug-likeness (QED) is 0.378. The van der Waals surface area contributed by atoms with Crippen LogP contribution in [0.5, 0.6) is 0 Å². The molecule has 0 amide bonds. The highest BCUT2D eigenvalue weighted by Crippen LogP contribution is 2.52. The maximum Gasteiger partial charge on any atom is 0.00454 e. The lowest BCUT2D eigenvalue weighted by Crippen LogP contribution is -1.84. The summed E-state index contributed by atoms with van der Waals surface area (Å²) >= 11 is 0. The van der Waals surface area contributed by atoms with Crippen LogP contribution in [0.1, 0.15) is 77.0 Å². The molecule has 20 heavy (non-hydrogen) atoms. The van der Waals surface area contributed by atoms with E-state index >= 15 is 0 Å². The van der Waals surface area contributed by atoms with E-state index < -0.39 is 0 Å². The fourth-order valence-corrected chi connectivity index (χ4v) is 14.0. The number of hydrogen-bond donors (Lipinski definition) is 0. The summed E-state index contributed by atoms with van der Waals surface area (Å²) in [7, 11) is 11.9. The highest BCUT2D eigenvalue weighted by molar-refractivity contribution is 9.41. The minimum atomic E-state index is 1.33. The Labute approximate surface area is 148 Å². The highest BCUT2D eigenvalue weighted by atomic mass is 33.9. The summed E-state index contributed by atoms with van der Waals surface area (Å²) in [5.74, 6) is 2.66. The first-order valence-corrected chi connectivity index (χ1v) is 15.7. The van der Waals surface area contributed by atoms with Crippen LogP contribution in [0, 0.1) is 0 Å². The Balaban J connectivity index is 2.00. The minimum absolute atomic E-state index is 1.33. The van der Waals surface area contributed by atoms with Gasteiger partial charge in [-0.25, -0.2) is 0 Å². The topological polar surface area (TPSA) is 0 Å². The minimum Gasteiger partial charge on any atom is -0.0817 e. The maximum atomic E-state index is 2.04. The zero-order chi connectivity index (χ0) is 14.1. The van der Waals surface area contributed by atoms with Crippen molar-refractivity contribution < 1.29 is 0 Å². The van der Waals surface area contributed by atoms with Crippen molar-refractivity contribution in [2.75, 3.05) is 11.5 Å².